The number of carbonyl (C=O) groups is 1. The van der Waals surface area contributed by atoms with Crippen molar-refractivity contribution in [3.8, 4) is 0 Å². The van der Waals surface area contributed by atoms with Crippen LogP contribution >= 0.6 is 11.8 Å². The van der Waals surface area contributed by atoms with E-state index < -0.39 is 0 Å². The summed E-state index contributed by atoms with van der Waals surface area (Å²) < 4.78 is 5.07. The molecule has 2 heterocycles. The van der Waals surface area contributed by atoms with Crippen LogP contribution in [0.5, 0.6) is 0 Å². The topological polar surface area (TPSA) is 59.2 Å². The number of thioether (sulfide) groups is 1. The van der Waals surface area contributed by atoms with E-state index in [1.807, 2.05) is 36.9 Å². The van der Waals surface area contributed by atoms with E-state index in [1.165, 1.54) is 11.8 Å². The number of hydrogen-bond acceptors (Lipinski definition) is 5. The van der Waals surface area contributed by atoms with E-state index in [4.69, 9.17) is 4.52 Å². The number of unbranched alkanes of at least 4 members (excludes halogenated alkanes) is 1. The molecule has 0 aliphatic heterocycles. The van der Waals surface area contributed by atoms with Crippen molar-refractivity contribution in [2.45, 2.75) is 44.4 Å². The second-order valence-electron chi connectivity index (χ2n) is 5.31. The van der Waals surface area contributed by atoms with Crippen LogP contribution in [0.4, 0.5) is 0 Å². The van der Waals surface area contributed by atoms with Crippen molar-refractivity contribution < 1.29 is 9.32 Å². The first-order chi connectivity index (χ1) is 11.2. The van der Waals surface area contributed by atoms with Crippen LogP contribution in [0.15, 0.2) is 33.9 Å². The van der Waals surface area contributed by atoms with E-state index >= 15 is 0 Å². The van der Waals surface area contributed by atoms with Crippen molar-refractivity contribution >= 4 is 17.7 Å². The van der Waals surface area contributed by atoms with Crippen molar-refractivity contribution in [3.05, 3.63) is 41.4 Å². The lowest BCUT2D eigenvalue weighted by atomic mass is 10.2. The number of nitrogens with zero attached hydrogens (tertiary/aromatic N) is 3. The molecule has 0 aliphatic carbocycles. The average Bonchev–Trinajstić information content (AvgIpc) is 2.99. The Bertz CT molecular complexity index is 642. The normalized spacial score (nSPS) is 10.7. The Balaban J connectivity index is 2.10. The Morgan fingerprint density at radius 1 is 1.39 bits per heavy atom. The highest BCUT2D eigenvalue weighted by atomic mass is 32.2. The molecule has 0 spiro atoms. The molecule has 0 atom stereocenters. The molecule has 5 nitrogen and oxygen atoms in total. The first kappa shape index (κ1) is 17.5. The van der Waals surface area contributed by atoms with Crippen molar-refractivity contribution in [3.63, 3.8) is 0 Å². The van der Waals surface area contributed by atoms with Crippen LogP contribution in [0.25, 0.3) is 0 Å². The average molecular weight is 333 g/mol. The zero-order valence-corrected chi connectivity index (χ0v) is 14.7. The Kier molecular flexibility index (Phi) is 6.65. The van der Waals surface area contributed by atoms with Gasteiger partial charge in [0.25, 0.3) is 5.91 Å². The van der Waals surface area contributed by atoms with E-state index in [-0.39, 0.29) is 5.91 Å². The molecule has 0 unspecified atom stereocenters. The number of carbonyl (C=O) groups excluding carboxylic acids is 1. The van der Waals surface area contributed by atoms with Gasteiger partial charge in [-0.1, -0.05) is 30.3 Å². The standard InChI is InChI=1S/C17H23N3O2S/c1-4-6-10-20(5-2)17(21)15-8-7-9-18-16(15)23-12-14-11-13(3)22-19-14/h7-9,11H,4-6,10,12H2,1-3H3. The Labute approximate surface area is 141 Å². The predicted octanol–water partition coefficient (Wildman–Crippen LogP) is 3.93. The molecule has 0 saturated carbocycles. The zero-order valence-electron chi connectivity index (χ0n) is 13.9. The third kappa shape index (κ3) is 4.82. The molecule has 0 bridgehead atoms. The highest BCUT2D eigenvalue weighted by Crippen LogP contribution is 2.25. The molecule has 0 aliphatic rings. The number of amides is 1. The third-order valence-electron chi connectivity index (χ3n) is 3.49. The van der Waals surface area contributed by atoms with Crippen LogP contribution in [0.2, 0.25) is 0 Å². The Hall–Kier alpha value is -1.82. The summed E-state index contributed by atoms with van der Waals surface area (Å²) >= 11 is 1.51. The van der Waals surface area contributed by atoms with Gasteiger partial charge in [0.05, 0.1) is 11.3 Å². The van der Waals surface area contributed by atoms with Gasteiger partial charge in [0, 0.05) is 31.1 Å². The molecule has 1 amide bonds. The molecule has 0 aromatic carbocycles. The number of rotatable bonds is 8. The lowest BCUT2D eigenvalue weighted by Gasteiger charge is -2.21. The Morgan fingerprint density at radius 3 is 2.87 bits per heavy atom. The van der Waals surface area contributed by atoms with Gasteiger partial charge in [0.2, 0.25) is 0 Å². The minimum absolute atomic E-state index is 0.0490. The van der Waals surface area contributed by atoms with Crippen LogP contribution in [0, 0.1) is 6.92 Å². The summed E-state index contributed by atoms with van der Waals surface area (Å²) in [5.74, 6) is 1.47. The van der Waals surface area contributed by atoms with E-state index in [1.54, 1.807) is 6.20 Å². The first-order valence-electron chi connectivity index (χ1n) is 7.95. The van der Waals surface area contributed by atoms with Crippen molar-refractivity contribution in [1.29, 1.82) is 0 Å². The number of aromatic nitrogens is 2. The fourth-order valence-corrected chi connectivity index (χ4v) is 3.09. The van der Waals surface area contributed by atoms with Gasteiger partial charge in [-0.05, 0) is 32.4 Å². The largest absolute Gasteiger partial charge is 0.361 e. The SMILES string of the molecule is CCCCN(CC)C(=O)c1cccnc1SCc1cc(C)on1. The van der Waals surface area contributed by atoms with Gasteiger partial charge in [-0.3, -0.25) is 4.79 Å². The van der Waals surface area contributed by atoms with Gasteiger partial charge in [-0.25, -0.2) is 4.98 Å². The minimum Gasteiger partial charge on any atom is -0.361 e. The number of pyridine rings is 1. The first-order valence-corrected chi connectivity index (χ1v) is 8.93. The molecule has 6 heteroatoms. The van der Waals surface area contributed by atoms with Gasteiger partial charge in [0.15, 0.2) is 0 Å². The van der Waals surface area contributed by atoms with Crippen LogP contribution in [-0.2, 0) is 5.75 Å². The lowest BCUT2D eigenvalue weighted by molar-refractivity contribution is 0.0758. The Morgan fingerprint density at radius 2 is 2.22 bits per heavy atom. The molecule has 124 valence electrons. The van der Waals surface area contributed by atoms with Crippen LogP contribution in [0.1, 0.15) is 48.5 Å². The van der Waals surface area contributed by atoms with E-state index in [9.17, 15) is 4.79 Å². The van der Waals surface area contributed by atoms with E-state index in [0.717, 1.165) is 35.9 Å². The summed E-state index contributed by atoms with van der Waals surface area (Å²) in [4.78, 5) is 19.0. The van der Waals surface area contributed by atoms with Gasteiger partial charge in [-0.15, -0.1) is 0 Å². The molecular weight excluding hydrogens is 310 g/mol. The fraction of sp³-hybridized carbons (Fsp3) is 0.471. The molecule has 2 aromatic heterocycles. The van der Waals surface area contributed by atoms with Gasteiger partial charge in [-0.2, -0.15) is 0 Å². The quantitative estimate of drug-likeness (QED) is 0.685. The minimum atomic E-state index is 0.0490. The highest BCUT2D eigenvalue weighted by molar-refractivity contribution is 7.98. The molecule has 23 heavy (non-hydrogen) atoms. The monoisotopic (exact) mass is 333 g/mol. The molecule has 0 radical (unpaired) electrons. The van der Waals surface area contributed by atoms with Crippen LogP contribution < -0.4 is 0 Å². The maximum atomic E-state index is 12.8. The third-order valence-corrected chi connectivity index (χ3v) is 4.52. The summed E-state index contributed by atoms with van der Waals surface area (Å²) in [7, 11) is 0. The molecule has 0 saturated heterocycles. The van der Waals surface area contributed by atoms with Crippen LogP contribution in [0.3, 0.4) is 0 Å². The highest BCUT2D eigenvalue weighted by Gasteiger charge is 2.18. The summed E-state index contributed by atoms with van der Waals surface area (Å²) in [6.07, 6.45) is 3.81. The second-order valence-corrected chi connectivity index (χ2v) is 6.28. The van der Waals surface area contributed by atoms with Gasteiger partial charge >= 0.3 is 0 Å². The number of aryl methyl sites for hydroxylation is 1. The van der Waals surface area contributed by atoms with E-state index in [2.05, 4.69) is 17.1 Å². The van der Waals surface area contributed by atoms with Crippen molar-refractivity contribution in [1.82, 2.24) is 15.0 Å². The maximum absolute atomic E-state index is 12.8. The molecular formula is C17H23N3O2S. The van der Waals surface area contributed by atoms with Gasteiger partial charge < -0.3 is 9.42 Å². The predicted molar refractivity (Wildman–Crippen MR) is 91.5 cm³/mol. The maximum Gasteiger partial charge on any atom is 0.256 e. The zero-order chi connectivity index (χ0) is 16.7. The van der Waals surface area contributed by atoms with Crippen molar-refractivity contribution in [2.75, 3.05) is 13.1 Å². The van der Waals surface area contributed by atoms with Gasteiger partial charge in [0.1, 0.15) is 10.8 Å². The smallest absolute Gasteiger partial charge is 0.256 e. The van der Waals surface area contributed by atoms with Crippen molar-refractivity contribution in [2.24, 2.45) is 0 Å². The number of hydrogen-bond donors (Lipinski definition) is 0. The molecule has 2 aromatic rings. The summed E-state index contributed by atoms with van der Waals surface area (Å²) in [5, 5.41) is 4.72. The fourth-order valence-electron chi connectivity index (χ4n) is 2.22. The second kappa shape index (κ2) is 8.72. The van der Waals surface area contributed by atoms with E-state index in [0.29, 0.717) is 17.9 Å². The molecule has 0 fully saturated rings. The van der Waals surface area contributed by atoms with Crippen LogP contribution in [-0.4, -0.2) is 34.0 Å². The lowest BCUT2D eigenvalue weighted by Crippen LogP contribution is -2.32. The molecule has 0 N–H and O–H groups in total. The summed E-state index contributed by atoms with van der Waals surface area (Å²) in [5.41, 5.74) is 1.52. The summed E-state index contributed by atoms with van der Waals surface area (Å²) in [6.45, 7) is 7.50. The summed E-state index contributed by atoms with van der Waals surface area (Å²) in [6, 6.07) is 5.56. The molecule has 2 rings (SSSR count).